The number of hydrogen-bond donors (Lipinski definition) is 4. The number of carboxylic acids is 1. The van der Waals surface area contributed by atoms with Crippen LogP contribution in [0, 0.1) is 0 Å². The number of nitrogens with zero attached hydrogens (tertiary/aromatic N) is 1. The first-order chi connectivity index (χ1) is 8.51. The Labute approximate surface area is 110 Å². The molecule has 0 aromatic heterocycles. The minimum Gasteiger partial charge on any atom is -0.480 e. The van der Waals surface area contributed by atoms with E-state index in [4.69, 9.17) is 10.8 Å². The van der Waals surface area contributed by atoms with Crippen molar-refractivity contribution in [1.82, 2.24) is 10.2 Å². The summed E-state index contributed by atoms with van der Waals surface area (Å²) in [4.78, 5) is 35.5. The van der Waals surface area contributed by atoms with Gasteiger partial charge < -0.3 is 21.1 Å². The SMILES string of the molecule is NCC(=O)N[C@@H](CS)C(=O)N1CCC[C@H]1C(=O)O. The van der Waals surface area contributed by atoms with E-state index in [1.807, 2.05) is 0 Å². The Hall–Kier alpha value is -1.28. The molecule has 8 heteroatoms. The molecule has 0 radical (unpaired) electrons. The first-order valence-corrected chi connectivity index (χ1v) is 6.28. The second-order valence-electron chi connectivity index (χ2n) is 4.03. The van der Waals surface area contributed by atoms with Crippen LogP contribution in [0.3, 0.4) is 0 Å². The molecule has 1 fully saturated rings. The maximum absolute atomic E-state index is 12.1. The average molecular weight is 275 g/mol. The van der Waals surface area contributed by atoms with Gasteiger partial charge in [0, 0.05) is 12.3 Å². The minimum atomic E-state index is -1.02. The first kappa shape index (κ1) is 14.8. The highest BCUT2D eigenvalue weighted by molar-refractivity contribution is 7.80. The number of rotatable bonds is 5. The van der Waals surface area contributed by atoms with E-state index >= 15 is 0 Å². The Balaban J connectivity index is 2.71. The van der Waals surface area contributed by atoms with Crippen LogP contribution in [0.5, 0.6) is 0 Å². The van der Waals surface area contributed by atoms with Gasteiger partial charge in [-0.3, -0.25) is 9.59 Å². The highest BCUT2D eigenvalue weighted by Gasteiger charge is 2.36. The molecule has 4 N–H and O–H groups in total. The predicted molar refractivity (Wildman–Crippen MR) is 67.2 cm³/mol. The summed E-state index contributed by atoms with van der Waals surface area (Å²) in [6.45, 7) is 0.165. The van der Waals surface area contributed by atoms with Crippen LogP contribution in [0.25, 0.3) is 0 Å². The smallest absolute Gasteiger partial charge is 0.326 e. The van der Waals surface area contributed by atoms with Crippen LogP contribution in [0.1, 0.15) is 12.8 Å². The van der Waals surface area contributed by atoms with E-state index in [1.54, 1.807) is 0 Å². The van der Waals surface area contributed by atoms with Crippen LogP contribution >= 0.6 is 12.6 Å². The largest absolute Gasteiger partial charge is 0.480 e. The molecule has 0 bridgehead atoms. The minimum absolute atomic E-state index is 0.105. The van der Waals surface area contributed by atoms with Crippen molar-refractivity contribution in [2.24, 2.45) is 5.73 Å². The first-order valence-electron chi connectivity index (χ1n) is 5.64. The van der Waals surface area contributed by atoms with Gasteiger partial charge in [-0.25, -0.2) is 4.79 Å². The maximum atomic E-state index is 12.1. The number of carboxylic acid groups (broad SMARTS) is 1. The second-order valence-corrected chi connectivity index (χ2v) is 4.40. The fourth-order valence-electron chi connectivity index (χ4n) is 1.93. The van der Waals surface area contributed by atoms with E-state index < -0.39 is 29.9 Å². The number of hydrogen-bond acceptors (Lipinski definition) is 5. The van der Waals surface area contributed by atoms with Crippen LogP contribution in [0.4, 0.5) is 0 Å². The van der Waals surface area contributed by atoms with Crippen molar-refractivity contribution < 1.29 is 19.5 Å². The fraction of sp³-hybridized carbons (Fsp3) is 0.700. The molecule has 0 aromatic rings. The van der Waals surface area contributed by atoms with Crippen LogP contribution in [0.15, 0.2) is 0 Å². The van der Waals surface area contributed by atoms with E-state index in [-0.39, 0.29) is 12.3 Å². The Morgan fingerprint density at radius 3 is 2.67 bits per heavy atom. The molecule has 1 saturated heterocycles. The van der Waals surface area contributed by atoms with Gasteiger partial charge in [-0.2, -0.15) is 12.6 Å². The lowest BCUT2D eigenvalue weighted by atomic mass is 10.2. The summed E-state index contributed by atoms with van der Waals surface area (Å²) in [7, 11) is 0. The van der Waals surface area contributed by atoms with E-state index in [0.717, 1.165) is 0 Å². The molecule has 2 amide bonds. The zero-order chi connectivity index (χ0) is 13.7. The third kappa shape index (κ3) is 3.36. The Kier molecular flexibility index (Phi) is 5.42. The lowest BCUT2D eigenvalue weighted by Crippen LogP contribution is -2.53. The van der Waals surface area contributed by atoms with Crippen molar-refractivity contribution in [3.8, 4) is 0 Å². The molecule has 1 rings (SSSR count). The summed E-state index contributed by atoms with van der Waals surface area (Å²) in [5.74, 6) is -1.80. The normalized spacial score (nSPS) is 20.6. The average Bonchev–Trinajstić information content (AvgIpc) is 2.83. The summed E-state index contributed by atoms with van der Waals surface area (Å²) >= 11 is 3.99. The van der Waals surface area contributed by atoms with Crippen molar-refractivity contribution >= 4 is 30.4 Å². The topological polar surface area (TPSA) is 113 Å². The summed E-state index contributed by atoms with van der Waals surface area (Å²) in [6, 6.07) is -1.64. The highest BCUT2D eigenvalue weighted by Crippen LogP contribution is 2.18. The zero-order valence-corrected chi connectivity index (χ0v) is 10.7. The maximum Gasteiger partial charge on any atom is 0.326 e. The summed E-state index contributed by atoms with van der Waals surface area (Å²) < 4.78 is 0. The molecule has 102 valence electrons. The van der Waals surface area contributed by atoms with Gasteiger partial charge in [0.25, 0.3) is 0 Å². The van der Waals surface area contributed by atoms with Gasteiger partial charge in [-0.05, 0) is 12.8 Å². The van der Waals surface area contributed by atoms with Gasteiger partial charge in [0.15, 0.2) is 0 Å². The van der Waals surface area contributed by atoms with Gasteiger partial charge in [0.05, 0.1) is 6.54 Å². The quantitative estimate of drug-likeness (QED) is 0.453. The fourth-order valence-corrected chi connectivity index (χ4v) is 2.17. The molecule has 7 nitrogen and oxygen atoms in total. The predicted octanol–water partition coefficient (Wildman–Crippen LogP) is -1.56. The molecular weight excluding hydrogens is 258 g/mol. The van der Waals surface area contributed by atoms with E-state index in [1.165, 1.54) is 4.90 Å². The number of carbonyl (C=O) groups excluding carboxylic acids is 2. The summed E-state index contributed by atoms with van der Waals surface area (Å²) in [5.41, 5.74) is 5.15. The van der Waals surface area contributed by atoms with E-state index in [9.17, 15) is 14.4 Å². The van der Waals surface area contributed by atoms with Gasteiger partial charge in [-0.1, -0.05) is 0 Å². The lowest BCUT2D eigenvalue weighted by molar-refractivity contribution is -0.149. The van der Waals surface area contributed by atoms with Crippen molar-refractivity contribution in [1.29, 1.82) is 0 Å². The summed E-state index contributed by atoms with van der Waals surface area (Å²) in [5, 5.41) is 11.4. The number of likely N-dealkylation sites (tertiary alicyclic amines) is 1. The van der Waals surface area contributed by atoms with Gasteiger partial charge in [-0.15, -0.1) is 0 Å². The molecule has 2 atom stereocenters. The third-order valence-electron chi connectivity index (χ3n) is 2.82. The number of thiol groups is 1. The molecule has 1 heterocycles. The van der Waals surface area contributed by atoms with Gasteiger partial charge in [0.2, 0.25) is 11.8 Å². The number of carbonyl (C=O) groups is 3. The van der Waals surface area contributed by atoms with E-state index in [2.05, 4.69) is 17.9 Å². The molecule has 0 spiro atoms. The Morgan fingerprint density at radius 1 is 1.50 bits per heavy atom. The van der Waals surface area contributed by atoms with Crippen LogP contribution in [0.2, 0.25) is 0 Å². The molecule has 1 aliphatic rings. The third-order valence-corrected chi connectivity index (χ3v) is 3.19. The molecule has 0 aliphatic carbocycles. The van der Waals surface area contributed by atoms with Crippen molar-refractivity contribution in [2.75, 3.05) is 18.8 Å². The number of nitrogens with one attached hydrogen (secondary N) is 1. The monoisotopic (exact) mass is 275 g/mol. The van der Waals surface area contributed by atoms with Crippen LogP contribution in [-0.4, -0.2) is 58.7 Å². The number of amides is 2. The van der Waals surface area contributed by atoms with Crippen LogP contribution < -0.4 is 11.1 Å². The number of nitrogens with two attached hydrogens (primary N) is 1. The molecular formula is C10H17N3O4S. The summed E-state index contributed by atoms with van der Waals surface area (Å²) in [6.07, 6.45) is 1.08. The van der Waals surface area contributed by atoms with Gasteiger partial charge >= 0.3 is 5.97 Å². The molecule has 0 saturated carbocycles. The van der Waals surface area contributed by atoms with Crippen molar-refractivity contribution in [3.05, 3.63) is 0 Å². The zero-order valence-electron chi connectivity index (χ0n) is 9.83. The molecule has 18 heavy (non-hydrogen) atoms. The molecule has 0 aromatic carbocycles. The molecule has 1 aliphatic heterocycles. The Bertz CT molecular complexity index is 350. The van der Waals surface area contributed by atoms with Crippen LogP contribution in [-0.2, 0) is 14.4 Å². The standard InChI is InChI=1S/C10H17N3O4S/c11-4-8(14)12-6(5-18)9(15)13-3-1-2-7(13)10(16)17/h6-7,18H,1-5,11H2,(H,12,14)(H,16,17)/t6-,7-/m0/s1. The highest BCUT2D eigenvalue weighted by atomic mass is 32.1. The number of aliphatic carboxylic acids is 1. The van der Waals surface area contributed by atoms with Crippen molar-refractivity contribution in [2.45, 2.75) is 24.9 Å². The lowest BCUT2D eigenvalue weighted by Gasteiger charge is -2.26. The second kappa shape index (κ2) is 6.60. The van der Waals surface area contributed by atoms with E-state index in [0.29, 0.717) is 19.4 Å². The molecule has 0 unspecified atom stereocenters. The van der Waals surface area contributed by atoms with Gasteiger partial charge in [0.1, 0.15) is 12.1 Å². The Morgan fingerprint density at radius 2 is 2.17 bits per heavy atom. The van der Waals surface area contributed by atoms with Crippen molar-refractivity contribution in [3.63, 3.8) is 0 Å².